The third-order valence-corrected chi connectivity index (χ3v) is 4.26. The Morgan fingerprint density at radius 3 is 2.41 bits per heavy atom. The monoisotopic (exact) mass is 313 g/mol. The minimum atomic E-state index is 0.400. The van der Waals surface area contributed by atoms with E-state index in [9.17, 15) is 0 Å². The topological polar surface area (TPSA) is 50.4 Å². The molecule has 0 aliphatic heterocycles. The van der Waals surface area contributed by atoms with Gasteiger partial charge in [-0.25, -0.2) is 0 Å². The van der Waals surface area contributed by atoms with Crippen molar-refractivity contribution in [2.45, 2.75) is 23.5 Å². The van der Waals surface area contributed by atoms with Crippen LogP contribution in [0.4, 0.5) is 0 Å². The maximum absolute atomic E-state index is 5.91. The summed E-state index contributed by atoms with van der Waals surface area (Å²) >= 11 is 1.82. The fraction of sp³-hybridized carbons (Fsp3) is 0.278. The molecular formula is C18H23N3S. The Labute approximate surface area is 137 Å². The van der Waals surface area contributed by atoms with Crippen LogP contribution in [-0.2, 0) is 6.42 Å². The summed E-state index contributed by atoms with van der Waals surface area (Å²) in [5.74, 6) is 0.524. The molecule has 0 aliphatic carbocycles. The van der Waals surface area contributed by atoms with Gasteiger partial charge in [-0.3, -0.25) is 4.99 Å². The molecule has 1 atom stereocenters. The van der Waals surface area contributed by atoms with Crippen molar-refractivity contribution in [1.29, 1.82) is 0 Å². The molecule has 0 heterocycles. The van der Waals surface area contributed by atoms with E-state index in [0.717, 1.165) is 13.0 Å². The van der Waals surface area contributed by atoms with Gasteiger partial charge in [0, 0.05) is 16.7 Å². The highest BCUT2D eigenvalue weighted by atomic mass is 32.2. The van der Waals surface area contributed by atoms with Crippen molar-refractivity contribution in [1.82, 2.24) is 5.32 Å². The Kier molecular flexibility index (Phi) is 6.84. The van der Waals surface area contributed by atoms with Gasteiger partial charge >= 0.3 is 0 Å². The van der Waals surface area contributed by atoms with E-state index < -0.39 is 0 Å². The molecule has 1 unspecified atom stereocenters. The molecule has 0 amide bonds. The van der Waals surface area contributed by atoms with Crippen LogP contribution in [0.1, 0.15) is 12.5 Å². The van der Waals surface area contributed by atoms with Gasteiger partial charge in [-0.1, -0.05) is 55.5 Å². The van der Waals surface area contributed by atoms with Crippen LogP contribution < -0.4 is 11.1 Å². The average molecular weight is 313 g/mol. The van der Waals surface area contributed by atoms with Crippen molar-refractivity contribution in [3.8, 4) is 0 Å². The fourth-order valence-corrected chi connectivity index (χ4v) is 2.96. The van der Waals surface area contributed by atoms with Crippen molar-refractivity contribution >= 4 is 17.7 Å². The van der Waals surface area contributed by atoms with E-state index in [4.69, 9.17) is 5.73 Å². The highest BCUT2D eigenvalue weighted by molar-refractivity contribution is 8.00. The quantitative estimate of drug-likeness (QED) is 0.468. The van der Waals surface area contributed by atoms with Gasteiger partial charge in [0.2, 0.25) is 0 Å². The van der Waals surface area contributed by atoms with Gasteiger partial charge in [0.25, 0.3) is 0 Å². The number of rotatable bonds is 7. The average Bonchev–Trinajstić information content (AvgIpc) is 2.55. The predicted molar refractivity (Wildman–Crippen MR) is 96.4 cm³/mol. The summed E-state index contributed by atoms with van der Waals surface area (Å²) in [4.78, 5) is 5.68. The molecule has 2 rings (SSSR count). The normalized spacial score (nSPS) is 12.9. The van der Waals surface area contributed by atoms with Gasteiger partial charge in [-0.2, -0.15) is 0 Å². The molecule has 2 aromatic carbocycles. The Morgan fingerprint density at radius 2 is 1.73 bits per heavy atom. The predicted octanol–water partition coefficient (Wildman–Crippen LogP) is 3.31. The van der Waals surface area contributed by atoms with Crippen LogP contribution in [0, 0.1) is 0 Å². The second-order valence-electron chi connectivity index (χ2n) is 5.13. The van der Waals surface area contributed by atoms with Crippen molar-refractivity contribution < 1.29 is 0 Å². The van der Waals surface area contributed by atoms with Crippen LogP contribution in [0.5, 0.6) is 0 Å². The lowest BCUT2D eigenvalue weighted by atomic mass is 10.1. The lowest BCUT2D eigenvalue weighted by Crippen LogP contribution is -2.33. The van der Waals surface area contributed by atoms with Gasteiger partial charge in [0.15, 0.2) is 5.96 Å². The van der Waals surface area contributed by atoms with E-state index in [2.05, 4.69) is 65.8 Å². The van der Waals surface area contributed by atoms with E-state index >= 15 is 0 Å². The maximum Gasteiger partial charge on any atom is 0.188 e. The Balaban J connectivity index is 1.68. The minimum absolute atomic E-state index is 0.400. The number of nitrogens with two attached hydrogens (primary N) is 1. The standard InChI is InChI=1S/C18H23N3S/c1-15(22-17-10-6-3-7-11-17)14-21-18(19)20-13-12-16-8-4-2-5-9-16/h2-11,15H,12-14H2,1H3,(H3,19,20,21). The summed E-state index contributed by atoms with van der Waals surface area (Å²) in [6.07, 6.45) is 0.950. The van der Waals surface area contributed by atoms with Crippen LogP contribution in [0.3, 0.4) is 0 Å². The van der Waals surface area contributed by atoms with Gasteiger partial charge in [0.1, 0.15) is 0 Å². The highest BCUT2D eigenvalue weighted by Gasteiger charge is 2.03. The molecule has 3 nitrogen and oxygen atoms in total. The third-order valence-electron chi connectivity index (χ3n) is 3.16. The van der Waals surface area contributed by atoms with Gasteiger partial charge in [0.05, 0.1) is 6.54 Å². The Morgan fingerprint density at radius 1 is 1.09 bits per heavy atom. The third kappa shape index (κ3) is 6.22. The lowest BCUT2D eigenvalue weighted by molar-refractivity contribution is 0.842. The molecule has 0 radical (unpaired) electrons. The number of guanidine groups is 1. The molecule has 22 heavy (non-hydrogen) atoms. The van der Waals surface area contributed by atoms with Crippen molar-refractivity contribution in [3.05, 3.63) is 66.2 Å². The molecule has 0 aromatic heterocycles. The molecule has 3 N–H and O–H groups in total. The van der Waals surface area contributed by atoms with Crippen molar-refractivity contribution in [2.24, 2.45) is 10.7 Å². The summed E-state index contributed by atoms with van der Waals surface area (Å²) in [7, 11) is 0. The number of thioether (sulfide) groups is 1. The molecule has 4 heteroatoms. The molecule has 0 bridgehead atoms. The molecular weight excluding hydrogens is 290 g/mol. The fourth-order valence-electron chi connectivity index (χ4n) is 2.03. The van der Waals surface area contributed by atoms with Crippen LogP contribution in [0.2, 0.25) is 0 Å². The van der Waals surface area contributed by atoms with E-state index in [-0.39, 0.29) is 0 Å². The summed E-state index contributed by atoms with van der Waals surface area (Å²) in [6.45, 7) is 3.68. The number of nitrogens with zero attached hydrogens (tertiary/aromatic N) is 1. The van der Waals surface area contributed by atoms with Crippen molar-refractivity contribution in [2.75, 3.05) is 13.1 Å². The zero-order valence-electron chi connectivity index (χ0n) is 12.9. The largest absolute Gasteiger partial charge is 0.370 e. The second-order valence-corrected chi connectivity index (χ2v) is 6.64. The van der Waals surface area contributed by atoms with E-state index in [0.29, 0.717) is 17.8 Å². The van der Waals surface area contributed by atoms with Crippen LogP contribution in [0.25, 0.3) is 0 Å². The number of benzene rings is 2. The second kappa shape index (κ2) is 9.15. The smallest absolute Gasteiger partial charge is 0.188 e. The maximum atomic E-state index is 5.91. The van der Waals surface area contributed by atoms with Crippen LogP contribution in [0.15, 0.2) is 70.6 Å². The van der Waals surface area contributed by atoms with Crippen LogP contribution in [-0.4, -0.2) is 24.3 Å². The summed E-state index contributed by atoms with van der Waals surface area (Å²) < 4.78 is 0. The van der Waals surface area contributed by atoms with E-state index in [1.807, 2.05) is 23.9 Å². The highest BCUT2D eigenvalue weighted by Crippen LogP contribution is 2.22. The number of nitrogens with one attached hydrogen (secondary N) is 1. The number of hydrogen-bond donors (Lipinski definition) is 2. The molecule has 0 saturated heterocycles. The zero-order valence-corrected chi connectivity index (χ0v) is 13.7. The summed E-state index contributed by atoms with van der Waals surface area (Å²) in [5, 5.41) is 3.57. The Hall–Kier alpha value is -1.94. The molecule has 0 aliphatic rings. The summed E-state index contributed by atoms with van der Waals surface area (Å²) in [5.41, 5.74) is 7.21. The number of aliphatic imine (C=N–C) groups is 1. The van der Waals surface area contributed by atoms with E-state index in [1.54, 1.807) is 0 Å². The van der Waals surface area contributed by atoms with E-state index in [1.165, 1.54) is 10.5 Å². The molecule has 2 aromatic rings. The first kappa shape index (κ1) is 16.4. The molecule has 0 fully saturated rings. The summed E-state index contributed by atoms with van der Waals surface area (Å²) in [6, 6.07) is 20.7. The van der Waals surface area contributed by atoms with Gasteiger partial charge in [-0.15, -0.1) is 11.8 Å². The lowest BCUT2D eigenvalue weighted by Gasteiger charge is -2.10. The first-order valence-corrected chi connectivity index (χ1v) is 8.41. The van der Waals surface area contributed by atoms with Gasteiger partial charge < -0.3 is 11.1 Å². The SMILES string of the molecule is CC(CN=C(N)NCCc1ccccc1)Sc1ccccc1. The molecule has 0 spiro atoms. The van der Waals surface area contributed by atoms with Gasteiger partial charge in [-0.05, 0) is 24.1 Å². The first-order chi connectivity index (χ1) is 10.7. The van der Waals surface area contributed by atoms with Crippen molar-refractivity contribution in [3.63, 3.8) is 0 Å². The first-order valence-electron chi connectivity index (χ1n) is 7.53. The minimum Gasteiger partial charge on any atom is -0.370 e. The number of hydrogen-bond acceptors (Lipinski definition) is 2. The van der Waals surface area contributed by atoms with Crippen LogP contribution >= 0.6 is 11.8 Å². The molecule has 0 saturated carbocycles. The Bertz CT molecular complexity index is 569. The zero-order chi connectivity index (χ0) is 15.6. The molecule has 116 valence electrons.